The summed E-state index contributed by atoms with van der Waals surface area (Å²) in [7, 11) is 1.69. The SMILES string of the molecule is COc1ccc(CN2CCCN(Cc3cccc(NC(=O)c4ccc(Cl)c(Cl)c4)c3)CC2)cc1.O=C(O)C(F)(F)F. The third-order valence-electron chi connectivity index (χ3n) is 6.26. The normalized spacial score (nSPS) is 14.4. The van der Waals surface area contributed by atoms with Crippen molar-refractivity contribution >= 4 is 40.8 Å². The zero-order valence-corrected chi connectivity index (χ0v) is 23.8. The van der Waals surface area contributed by atoms with Gasteiger partial charge in [-0.2, -0.15) is 13.2 Å². The Bertz CT molecular complexity index is 1320. The topological polar surface area (TPSA) is 82.1 Å². The molecule has 1 amide bonds. The highest BCUT2D eigenvalue weighted by molar-refractivity contribution is 6.42. The minimum absolute atomic E-state index is 0.209. The third-order valence-corrected chi connectivity index (χ3v) is 7.00. The van der Waals surface area contributed by atoms with Gasteiger partial charge in [-0.15, -0.1) is 0 Å². The van der Waals surface area contributed by atoms with E-state index in [2.05, 4.69) is 33.3 Å². The molecule has 0 aromatic heterocycles. The first-order valence-corrected chi connectivity index (χ1v) is 13.4. The highest BCUT2D eigenvalue weighted by atomic mass is 35.5. The number of nitrogens with one attached hydrogen (secondary N) is 1. The van der Waals surface area contributed by atoms with Gasteiger partial charge in [-0.25, -0.2) is 4.79 Å². The Morgan fingerprint density at radius 2 is 1.49 bits per heavy atom. The lowest BCUT2D eigenvalue weighted by atomic mass is 10.1. The summed E-state index contributed by atoms with van der Waals surface area (Å²) in [6.07, 6.45) is -3.95. The molecular weight excluding hydrogens is 582 g/mol. The van der Waals surface area contributed by atoms with Crippen molar-refractivity contribution in [2.24, 2.45) is 0 Å². The molecular formula is C29H30Cl2F3N3O4. The monoisotopic (exact) mass is 611 g/mol. The van der Waals surface area contributed by atoms with Gasteiger partial charge >= 0.3 is 12.1 Å². The van der Waals surface area contributed by atoms with Crippen LogP contribution in [0.1, 0.15) is 27.9 Å². The van der Waals surface area contributed by atoms with Crippen LogP contribution >= 0.6 is 23.2 Å². The van der Waals surface area contributed by atoms with Crippen LogP contribution in [0.4, 0.5) is 18.9 Å². The second-order valence-corrected chi connectivity index (χ2v) is 10.2. The molecule has 0 unspecified atom stereocenters. The van der Waals surface area contributed by atoms with E-state index in [1.54, 1.807) is 25.3 Å². The molecule has 1 aliphatic heterocycles. The maximum Gasteiger partial charge on any atom is 0.490 e. The fourth-order valence-corrected chi connectivity index (χ4v) is 4.47. The minimum atomic E-state index is -5.08. The number of aliphatic carboxylic acids is 1. The number of anilines is 1. The van der Waals surface area contributed by atoms with Crippen molar-refractivity contribution in [1.29, 1.82) is 0 Å². The van der Waals surface area contributed by atoms with Crippen LogP contribution in [-0.2, 0) is 17.9 Å². The molecule has 3 aromatic carbocycles. The average Bonchev–Trinajstić information content (AvgIpc) is 3.15. The number of benzene rings is 3. The van der Waals surface area contributed by atoms with E-state index < -0.39 is 12.1 Å². The summed E-state index contributed by atoms with van der Waals surface area (Å²) >= 11 is 12.0. The van der Waals surface area contributed by atoms with E-state index in [-0.39, 0.29) is 5.91 Å². The number of carboxylic acids is 1. The van der Waals surface area contributed by atoms with E-state index in [9.17, 15) is 18.0 Å². The van der Waals surface area contributed by atoms with E-state index in [1.165, 1.54) is 11.1 Å². The first-order valence-electron chi connectivity index (χ1n) is 12.7. The van der Waals surface area contributed by atoms with Crippen molar-refractivity contribution in [3.63, 3.8) is 0 Å². The van der Waals surface area contributed by atoms with E-state index in [4.69, 9.17) is 37.8 Å². The van der Waals surface area contributed by atoms with E-state index in [0.717, 1.165) is 57.1 Å². The number of carboxylic acid groups (broad SMARTS) is 1. The number of carbonyl (C=O) groups excluding carboxylic acids is 1. The van der Waals surface area contributed by atoms with Crippen molar-refractivity contribution in [2.45, 2.75) is 25.7 Å². The molecule has 12 heteroatoms. The molecule has 0 saturated carbocycles. The van der Waals surface area contributed by atoms with E-state index >= 15 is 0 Å². The molecule has 1 saturated heterocycles. The maximum atomic E-state index is 12.6. The third kappa shape index (κ3) is 10.6. The molecule has 4 rings (SSSR count). The van der Waals surface area contributed by atoms with Crippen LogP contribution in [0.3, 0.4) is 0 Å². The lowest BCUT2D eigenvalue weighted by Gasteiger charge is -2.22. The molecule has 0 bridgehead atoms. The van der Waals surface area contributed by atoms with Gasteiger partial charge < -0.3 is 15.2 Å². The molecule has 41 heavy (non-hydrogen) atoms. The smallest absolute Gasteiger partial charge is 0.490 e. The van der Waals surface area contributed by atoms with Gasteiger partial charge in [0.1, 0.15) is 5.75 Å². The summed E-state index contributed by atoms with van der Waals surface area (Å²) in [6.45, 7) is 5.98. The van der Waals surface area contributed by atoms with Crippen LogP contribution in [-0.4, -0.2) is 66.2 Å². The van der Waals surface area contributed by atoms with Gasteiger partial charge in [-0.3, -0.25) is 14.6 Å². The second kappa shape index (κ2) is 15.1. The summed E-state index contributed by atoms with van der Waals surface area (Å²) in [6, 6.07) is 21.2. The van der Waals surface area contributed by atoms with Crippen molar-refractivity contribution < 1.29 is 32.6 Å². The summed E-state index contributed by atoms with van der Waals surface area (Å²) in [5.41, 5.74) is 3.73. The Morgan fingerprint density at radius 1 is 0.878 bits per heavy atom. The van der Waals surface area contributed by atoms with Crippen molar-refractivity contribution in [2.75, 3.05) is 38.6 Å². The lowest BCUT2D eigenvalue weighted by molar-refractivity contribution is -0.192. The Balaban J connectivity index is 0.000000587. The Morgan fingerprint density at radius 3 is 2.05 bits per heavy atom. The van der Waals surface area contributed by atoms with Crippen molar-refractivity contribution in [3.05, 3.63) is 93.5 Å². The number of alkyl halides is 3. The first-order chi connectivity index (χ1) is 19.4. The molecule has 220 valence electrons. The molecule has 2 N–H and O–H groups in total. The molecule has 1 heterocycles. The molecule has 1 fully saturated rings. The highest BCUT2D eigenvalue weighted by Crippen LogP contribution is 2.23. The fourth-order valence-electron chi connectivity index (χ4n) is 4.18. The second-order valence-electron chi connectivity index (χ2n) is 9.34. The molecule has 0 aliphatic carbocycles. The van der Waals surface area contributed by atoms with Gasteiger partial charge in [0.25, 0.3) is 5.91 Å². The first kappa shape index (κ1) is 32.2. The van der Waals surface area contributed by atoms with Gasteiger partial charge in [0.2, 0.25) is 0 Å². The predicted octanol–water partition coefficient (Wildman–Crippen LogP) is 6.60. The van der Waals surface area contributed by atoms with E-state index in [1.807, 2.05) is 30.3 Å². The number of halogens is 5. The van der Waals surface area contributed by atoms with Crippen LogP contribution in [0.2, 0.25) is 10.0 Å². The highest BCUT2D eigenvalue weighted by Gasteiger charge is 2.38. The number of carbonyl (C=O) groups is 2. The standard InChI is InChI=1S/C27H29Cl2N3O2.C2HF3O2/c1-34-24-9-6-20(7-10-24)18-31-12-3-13-32(15-14-31)19-21-4-2-5-23(16-21)30-27(33)22-8-11-25(28)26(29)17-22;3-2(4,5)1(6)7/h2,4-11,16-17H,3,12-15,18-19H2,1H3,(H,30,33);(H,6,7). The summed E-state index contributed by atoms with van der Waals surface area (Å²) in [5, 5.41) is 10.9. The number of amides is 1. The van der Waals surface area contributed by atoms with Crippen molar-refractivity contribution in [3.8, 4) is 5.75 Å². The summed E-state index contributed by atoms with van der Waals surface area (Å²) in [5.74, 6) is -2.08. The molecule has 7 nitrogen and oxygen atoms in total. The molecule has 0 radical (unpaired) electrons. The number of methoxy groups -OCH3 is 1. The predicted molar refractivity (Wildman–Crippen MR) is 153 cm³/mol. The van der Waals surface area contributed by atoms with Crippen LogP contribution in [0, 0.1) is 0 Å². The molecule has 0 atom stereocenters. The minimum Gasteiger partial charge on any atom is -0.497 e. The average molecular weight is 612 g/mol. The number of hydrogen-bond acceptors (Lipinski definition) is 5. The Hall–Kier alpha value is -3.31. The van der Waals surface area contributed by atoms with Gasteiger partial charge in [-0.1, -0.05) is 47.5 Å². The largest absolute Gasteiger partial charge is 0.497 e. The number of ether oxygens (including phenoxy) is 1. The van der Waals surface area contributed by atoms with Crippen LogP contribution in [0.25, 0.3) is 0 Å². The Labute approximate surface area is 246 Å². The number of rotatable bonds is 7. The molecule has 0 spiro atoms. The van der Waals surface area contributed by atoms with Gasteiger partial charge in [-0.05, 0) is 73.1 Å². The zero-order valence-electron chi connectivity index (χ0n) is 22.3. The van der Waals surface area contributed by atoms with Crippen molar-refractivity contribution in [1.82, 2.24) is 9.80 Å². The quantitative estimate of drug-likeness (QED) is 0.313. The van der Waals surface area contributed by atoms with Crippen LogP contribution in [0.5, 0.6) is 5.75 Å². The number of nitrogens with zero attached hydrogens (tertiary/aromatic N) is 2. The van der Waals surface area contributed by atoms with E-state index in [0.29, 0.717) is 15.6 Å². The zero-order chi connectivity index (χ0) is 30.0. The Kier molecular flexibility index (Phi) is 11.8. The van der Waals surface area contributed by atoms with Gasteiger partial charge in [0, 0.05) is 37.4 Å². The fraction of sp³-hybridized carbons (Fsp3) is 0.310. The summed E-state index contributed by atoms with van der Waals surface area (Å²) < 4.78 is 37.0. The maximum absolute atomic E-state index is 12.6. The van der Waals surface area contributed by atoms with Crippen LogP contribution in [0.15, 0.2) is 66.7 Å². The summed E-state index contributed by atoms with van der Waals surface area (Å²) in [4.78, 5) is 26.5. The molecule has 3 aromatic rings. The number of hydrogen-bond donors (Lipinski definition) is 2. The lowest BCUT2D eigenvalue weighted by Crippen LogP contribution is -2.30. The van der Waals surface area contributed by atoms with Gasteiger partial charge in [0.15, 0.2) is 0 Å². The molecule has 1 aliphatic rings. The van der Waals surface area contributed by atoms with Crippen LogP contribution < -0.4 is 10.1 Å². The van der Waals surface area contributed by atoms with Gasteiger partial charge in [0.05, 0.1) is 17.2 Å².